The van der Waals surface area contributed by atoms with Crippen molar-refractivity contribution in [2.24, 2.45) is 11.8 Å². The summed E-state index contributed by atoms with van der Waals surface area (Å²) in [7, 11) is 0. The molecule has 0 aromatic carbocycles. The van der Waals surface area contributed by atoms with Crippen LogP contribution in [0.25, 0.3) is 4.96 Å². The van der Waals surface area contributed by atoms with Crippen molar-refractivity contribution in [1.82, 2.24) is 19.3 Å². The molecule has 1 aliphatic heterocycles. The van der Waals surface area contributed by atoms with E-state index in [1.165, 1.54) is 35.5 Å². The van der Waals surface area contributed by atoms with Crippen molar-refractivity contribution in [1.29, 1.82) is 0 Å². The molecule has 0 radical (unpaired) electrons. The highest BCUT2D eigenvalue weighted by Crippen LogP contribution is 2.35. The highest BCUT2D eigenvalue weighted by molar-refractivity contribution is 7.15. The van der Waals surface area contributed by atoms with Crippen LogP contribution in [0, 0.1) is 18.8 Å². The second-order valence-electron chi connectivity index (χ2n) is 10.2. The molecule has 0 N–H and O–H groups in total. The van der Waals surface area contributed by atoms with Gasteiger partial charge in [0.05, 0.1) is 11.4 Å². The molecule has 3 aromatic heterocycles. The predicted molar refractivity (Wildman–Crippen MR) is 134 cm³/mol. The third-order valence-corrected chi connectivity index (χ3v) is 9.06. The molecular formula is C25H32F2N4O2S2. The minimum absolute atomic E-state index is 0.232. The quantitative estimate of drug-likeness (QED) is 0.322. The normalized spacial score (nSPS) is 21.4. The van der Waals surface area contributed by atoms with Gasteiger partial charge in [-0.1, -0.05) is 24.2 Å². The van der Waals surface area contributed by atoms with Gasteiger partial charge in [-0.05, 0) is 51.0 Å². The van der Waals surface area contributed by atoms with Crippen molar-refractivity contribution in [3.05, 3.63) is 33.5 Å². The first kappa shape index (κ1) is 24.8. The van der Waals surface area contributed by atoms with Crippen LogP contribution >= 0.6 is 22.7 Å². The summed E-state index contributed by atoms with van der Waals surface area (Å²) in [5, 5.41) is 2.30. The highest BCUT2D eigenvalue weighted by Gasteiger charge is 2.28. The number of alkyl halides is 2. The van der Waals surface area contributed by atoms with Gasteiger partial charge >= 0.3 is 0 Å². The molecule has 0 bridgehead atoms. The van der Waals surface area contributed by atoms with Gasteiger partial charge < -0.3 is 4.74 Å². The SMILES string of the molecule is Cc1cn2c(C(=O)CC3CCC(CCN4CCc5sc(OCC(C)(F)F)nc5C4)CC3)csc2n1. The molecule has 2 aliphatic rings. The van der Waals surface area contributed by atoms with Crippen molar-refractivity contribution in [3.8, 4) is 5.19 Å². The van der Waals surface area contributed by atoms with Gasteiger partial charge in [0.25, 0.3) is 11.1 Å². The van der Waals surface area contributed by atoms with Gasteiger partial charge in [0.2, 0.25) is 0 Å². The average Bonchev–Trinajstić information content (AvgIpc) is 3.49. The Labute approximate surface area is 212 Å². The van der Waals surface area contributed by atoms with Crippen LogP contribution in [-0.2, 0) is 13.0 Å². The van der Waals surface area contributed by atoms with Crippen LogP contribution in [0.15, 0.2) is 11.6 Å². The fraction of sp³-hybridized carbons (Fsp3) is 0.640. The van der Waals surface area contributed by atoms with Crippen LogP contribution < -0.4 is 4.74 Å². The monoisotopic (exact) mass is 522 g/mol. The fourth-order valence-electron chi connectivity index (χ4n) is 5.22. The summed E-state index contributed by atoms with van der Waals surface area (Å²) in [6.07, 6.45) is 9.23. The minimum atomic E-state index is -2.85. The van der Waals surface area contributed by atoms with Crippen LogP contribution in [0.1, 0.15) is 72.2 Å². The number of Topliss-reactive ketones (excluding diaryl/α,β-unsaturated/α-hetero) is 1. The lowest BCUT2D eigenvalue weighted by atomic mass is 9.78. The predicted octanol–water partition coefficient (Wildman–Crippen LogP) is 6.02. The Morgan fingerprint density at radius 1 is 1.23 bits per heavy atom. The molecule has 0 unspecified atom stereocenters. The van der Waals surface area contributed by atoms with Gasteiger partial charge in [-0.15, -0.1) is 11.3 Å². The van der Waals surface area contributed by atoms with Gasteiger partial charge in [-0.3, -0.25) is 14.1 Å². The van der Waals surface area contributed by atoms with Crippen molar-refractivity contribution in [2.75, 3.05) is 19.7 Å². The Morgan fingerprint density at radius 3 is 2.77 bits per heavy atom. The summed E-state index contributed by atoms with van der Waals surface area (Å²) in [4.78, 5) is 26.3. The van der Waals surface area contributed by atoms with E-state index in [0.29, 0.717) is 23.5 Å². The standard InChI is InChI=1S/C25H32F2N4O2S2/c1-16-12-31-20(14-34-23(31)28-16)21(32)11-18-5-3-17(4-6-18)7-9-30-10-8-22-19(13-30)29-24(35-22)33-15-25(2,26)27/h12,14,17-18H,3-11,13,15H2,1-2H3. The van der Waals surface area contributed by atoms with E-state index in [1.54, 1.807) is 0 Å². The summed E-state index contributed by atoms with van der Waals surface area (Å²) in [5.74, 6) is -1.44. The number of carbonyl (C=O) groups is 1. The van der Waals surface area contributed by atoms with E-state index < -0.39 is 12.5 Å². The first-order valence-electron chi connectivity index (χ1n) is 12.4. The molecule has 5 rings (SSSR count). The lowest BCUT2D eigenvalue weighted by molar-refractivity contribution is -0.0230. The second-order valence-corrected chi connectivity index (χ2v) is 12.1. The van der Waals surface area contributed by atoms with E-state index in [2.05, 4.69) is 14.9 Å². The number of aryl methyl sites for hydroxylation is 1. The zero-order valence-electron chi connectivity index (χ0n) is 20.3. The number of nitrogens with zero attached hydrogens (tertiary/aromatic N) is 4. The number of thiazole rings is 2. The molecule has 0 atom stereocenters. The number of ether oxygens (including phenoxy) is 1. The Kier molecular flexibility index (Phi) is 7.23. The zero-order valence-corrected chi connectivity index (χ0v) is 21.9. The topological polar surface area (TPSA) is 59.7 Å². The molecule has 4 heterocycles. The minimum Gasteiger partial charge on any atom is -0.464 e. The number of hydrogen-bond donors (Lipinski definition) is 0. The van der Waals surface area contributed by atoms with E-state index in [-0.39, 0.29) is 5.78 Å². The second kappa shape index (κ2) is 10.2. The number of fused-ring (bicyclic) bond motifs is 2. The van der Waals surface area contributed by atoms with E-state index in [0.717, 1.165) is 79.2 Å². The van der Waals surface area contributed by atoms with Crippen LogP contribution in [-0.4, -0.2) is 50.7 Å². The van der Waals surface area contributed by atoms with Crippen molar-refractivity contribution in [3.63, 3.8) is 0 Å². The molecule has 6 nitrogen and oxygen atoms in total. The van der Waals surface area contributed by atoms with Gasteiger partial charge in [-0.25, -0.2) is 18.7 Å². The fourth-order valence-corrected chi connectivity index (χ4v) is 7.05. The molecule has 3 aromatic rings. The zero-order chi connectivity index (χ0) is 24.6. The van der Waals surface area contributed by atoms with E-state index >= 15 is 0 Å². The number of rotatable bonds is 9. The Morgan fingerprint density at radius 2 is 2.00 bits per heavy atom. The summed E-state index contributed by atoms with van der Waals surface area (Å²) >= 11 is 2.94. The van der Waals surface area contributed by atoms with Crippen LogP contribution in [0.5, 0.6) is 5.19 Å². The maximum absolute atomic E-state index is 13.1. The molecule has 1 aliphatic carbocycles. The molecule has 10 heteroatoms. The number of aromatic nitrogens is 3. The first-order valence-corrected chi connectivity index (χ1v) is 14.1. The number of imidazole rings is 1. The van der Waals surface area contributed by atoms with Crippen molar-refractivity contribution < 1.29 is 18.3 Å². The Balaban J connectivity index is 1.05. The molecule has 190 valence electrons. The van der Waals surface area contributed by atoms with E-state index in [1.807, 2.05) is 22.9 Å². The molecule has 35 heavy (non-hydrogen) atoms. The number of halogens is 2. The van der Waals surface area contributed by atoms with Crippen molar-refractivity contribution in [2.45, 2.75) is 71.3 Å². The largest absolute Gasteiger partial charge is 0.464 e. The van der Waals surface area contributed by atoms with E-state index in [9.17, 15) is 13.6 Å². The van der Waals surface area contributed by atoms with Crippen molar-refractivity contribution >= 4 is 33.4 Å². The smallest absolute Gasteiger partial charge is 0.278 e. The molecule has 0 amide bonds. The lowest BCUT2D eigenvalue weighted by Gasteiger charge is -2.31. The summed E-state index contributed by atoms with van der Waals surface area (Å²) in [5.41, 5.74) is 2.70. The Hall–Kier alpha value is -1.91. The summed E-state index contributed by atoms with van der Waals surface area (Å²) in [6.45, 7) is 4.96. The highest BCUT2D eigenvalue weighted by atomic mass is 32.1. The number of ketones is 1. The third-order valence-electron chi connectivity index (χ3n) is 7.15. The van der Waals surface area contributed by atoms with Gasteiger partial charge in [-0.2, -0.15) is 0 Å². The molecular weight excluding hydrogens is 490 g/mol. The lowest BCUT2D eigenvalue weighted by Crippen LogP contribution is -2.32. The molecule has 1 saturated carbocycles. The van der Waals surface area contributed by atoms with Crippen LogP contribution in [0.3, 0.4) is 0 Å². The maximum atomic E-state index is 13.1. The molecule has 0 saturated heterocycles. The maximum Gasteiger partial charge on any atom is 0.278 e. The Bertz CT molecular complexity index is 1170. The van der Waals surface area contributed by atoms with Gasteiger partial charge in [0, 0.05) is 42.9 Å². The molecule has 1 fully saturated rings. The summed E-state index contributed by atoms with van der Waals surface area (Å²) in [6, 6.07) is 0. The average molecular weight is 523 g/mol. The molecule has 0 spiro atoms. The van der Waals surface area contributed by atoms with E-state index in [4.69, 9.17) is 4.74 Å². The van der Waals surface area contributed by atoms with Crippen LogP contribution in [0.4, 0.5) is 8.78 Å². The first-order chi connectivity index (χ1) is 16.7. The van der Waals surface area contributed by atoms with Gasteiger partial charge in [0.15, 0.2) is 17.4 Å². The number of carbonyl (C=O) groups excluding carboxylic acids is 1. The van der Waals surface area contributed by atoms with Gasteiger partial charge in [0.1, 0.15) is 5.69 Å². The van der Waals surface area contributed by atoms with Crippen LogP contribution in [0.2, 0.25) is 0 Å². The summed E-state index contributed by atoms with van der Waals surface area (Å²) < 4.78 is 33.3. The number of hydrogen-bond acceptors (Lipinski definition) is 7. The third kappa shape index (κ3) is 6.09.